The SMILES string of the molecule is Cc1cc(CCc2ccccc2)oc(=O)c1C(=O)N1CCc2c(nc[nH]c2=O)C1. The summed E-state index contributed by atoms with van der Waals surface area (Å²) in [6.45, 7) is 2.30. The maximum absolute atomic E-state index is 13.0. The Morgan fingerprint density at radius 3 is 2.76 bits per heavy atom. The summed E-state index contributed by atoms with van der Waals surface area (Å²) in [5.41, 5.74) is 2.15. The van der Waals surface area contributed by atoms with E-state index in [1.165, 1.54) is 11.2 Å². The molecular formula is C22H21N3O4. The molecule has 1 N–H and O–H groups in total. The van der Waals surface area contributed by atoms with Gasteiger partial charge in [0.1, 0.15) is 11.3 Å². The van der Waals surface area contributed by atoms with Crippen molar-refractivity contribution in [1.82, 2.24) is 14.9 Å². The van der Waals surface area contributed by atoms with E-state index in [2.05, 4.69) is 9.97 Å². The first-order chi connectivity index (χ1) is 14.0. The Morgan fingerprint density at radius 1 is 1.21 bits per heavy atom. The maximum atomic E-state index is 13.0. The zero-order chi connectivity index (χ0) is 20.4. The van der Waals surface area contributed by atoms with Crippen molar-refractivity contribution in [3.63, 3.8) is 0 Å². The quantitative estimate of drug-likeness (QED) is 0.734. The van der Waals surface area contributed by atoms with Gasteiger partial charge < -0.3 is 14.3 Å². The minimum Gasteiger partial charge on any atom is -0.427 e. The Labute approximate surface area is 167 Å². The second-order valence-corrected chi connectivity index (χ2v) is 7.18. The molecule has 3 heterocycles. The lowest BCUT2D eigenvalue weighted by atomic mass is 10.0. The van der Waals surface area contributed by atoms with Gasteiger partial charge in [0.05, 0.1) is 18.6 Å². The van der Waals surface area contributed by atoms with Crippen LogP contribution < -0.4 is 11.2 Å². The summed E-state index contributed by atoms with van der Waals surface area (Å²) in [5, 5.41) is 0. The number of hydrogen-bond donors (Lipinski definition) is 1. The minimum atomic E-state index is -0.622. The van der Waals surface area contributed by atoms with Crippen molar-refractivity contribution >= 4 is 5.91 Å². The van der Waals surface area contributed by atoms with Crippen LogP contribution in [0.15, 0.2) is 56.7 Å². The van der Waals surface area contributed by atoms with Crippen molar-refractivity contribution in [2.45, 2.75) is 32.7 Å². The third kappa shape index (κ3) is 3.89. The largest absolute Gasteiger partial charge is 0.427 e. The normalized spacial score (nSPS) is 13.2. The number of benzene rings is 1. The van der Waals surface area contributed by atoms with E-state index in [1.54, 1.807) is 13.0 Å². The van der Waals surface area contributed by atoms with Gasteiger partial charge in [0.2, 0.25) is 0 Å². The lowest BCUT2D eigenvalue weighted by Crippen LogP contribution is -2.40. The molecule has 0 fully saturated rings. The number of aromatic nitrogens is 2. The van der Waals surface area contributed by atoms with Crippen molar-refractivity contribution in [3.05, 3.63) is 97.2 Å². The molecule has 7 nitrogen and oxygen atoms in total. The first-order valence-corrected chi connectivity index (χ1v) is 9.55. The highest BCUT2D eigenvalue weighted by Gasteiger charge is 2.27. The fraction of sp³-hybridized carbons (Fsp3) is 0.273. The molecule has 0 atom stereocenters. The molecular weight excluding hydrogens is 370 g/mol. The van der Waals surface area contributed by atoms with E-state index in [9.17, 15) is 14.4 Å². The van der Waals surface area contributed by atoms with Crippen LogP contribution in [0.1, 0.15) is 38.5 Å². The molecule has 0 aliphatic carbocycles. The monoisotopic (exact) mass is 391 g/mol. The summed E-state index contributed by atoms with van der Waals surface area (Å²) < 4.78 is 5.44. The zero-order valence-electron chi connectivity index (χ0n) is 16.1. The lowest BCUT2D eigenvalue weighted by molar-refractivity contribution is 0.0725. The topological polar surface area (TPSA) is 96.3 Å². The van der Waals surface area contributed by atoms with Crippen LogP contribution in [0.4, 0.5) is 0 Å². The minimum absolute atomic E-state index is 0.0433. The molecule has 0 unspecified atom stereocenters. The molecule has 3 aromatic rings. The summed E-state index contributed by atoms with van der Waals surface area (Å²) in [6.07, 6.45) is 3.07. The second-order valence-electron chi connectivity index (χ2n) is 7.18. The van der Waals surface area contributed by atoms with Crippen LogP contribution in [0.2, 0.25) is 0 Å². The number of carbonyl (C=O) groups excluding carboxylic acids is 1. The Balaban J connectivity index is 1.53. The molecule has 29 heavy (non-hydrogen) atoms. The molecule has 0 spiro atoms. The molecule has 4 rings (SSSR count). The molecule has 0 saturated heterocycles. The molecule has 1 aliphatic rings. The Kier molecular flexibility index (Phi) is 5.12. The molecule has 148 valence electrons. The van der Waals surface area contributed by atoms with Crippen LogP contribution in [0.25, 0.3) is 0 Å². The van der Waals surface area contributed by atoms with Crippen LogP contribution in [0.3, 0.4) is 0 Å². The van der Waals surface area contributed by atoms with Gasteiger partial charge in [-0.1, -0.05) is 30.3 Å². The summed E-state index contributed by atoms with van der Waals surface area (Å²) >= 11 is 0. The number of hydrogen-bond acceptors (Lipinski definition) is 5. The molecule has 2 aromatic heterocycles. The van der Waals surface area contributed by atoms with Gasteiger partial charge >= 0.3 is 5.63 Å². The van der Waals surface area contributed by atoms with Crippen LogP contribution in [-0.2, 0) is 25.8 Å². The number of carbonyl (C=O) groups is 1. The first-order valence-electron chi connectivity index (χ1n) is 9.55. The van der Waals surface area contributed by atoms with Crippen molar-refractivity contribution in [2.75, 3.05) is 6.54 Å². The van der Waals surface area contributed by atoms with Gasteiger partial charge in [0.25, 0.3) is 11.5 Å². The molecule has 1 aliphatic heterocycles. The van der Waals surface area contributed by atoms with E-state index in [0.717, 1.165) is 12.0 Å². The van der Waals surface area contributed by atoms with Crippen molar-refractivity contribution in [3.8, 4) is 0 Å². The average molecular weight is 391 g/mol. The number of H-pyrrole nitrogens is 1. The predicted octanol–water partition coefficient (Wildman–Crippen LogP) is 2.02. The van der Waals surface area contributed by atoms with E-state index >= 15 is 0 Å². The third-order valence-electron chi connectivity index (χ3n) is 5.21. The number of aryl methyl sites for hydroxylation is 3. The summed E-state index contributed by atoms with van der Waals surface area (Å²) in [7, 11) is 0. The number of aromatic amines is 1. The smallest absolute Gasteiger partial charge is 0.349 e. The zero-order valence-corrected chi connectivity index (χ0v) is 16.1. The highest BCUT2D eigenvalue weighted by Crippen LogP contribution is 2.17. The number of fused-ring (bicyclic) bond motifs is 1. The predicted molar refractivity (Wildman–Crippen MR) is 107 cm³/mol. The van der Waals surface area contributed by atoms with Crippen LogP contribution in [-0.4, -0.2) is 27.3 Å². The fourth-order valence-corrected chi connectivity index (χ4v) is 3.66. The van der Waals surface area contributed by atoms with Gasteiger partial charge in [-0.2, -0.15) is 0 Å². The summed E-state index contributed by atoms with van der Waals surface area (Å²) in [5.74, 6) is 0.170. The Hall–Kier alpha value is -3.48. The van der Waals surface area contributed by atoms with Crippen molar-refractivity contribution in [2.24, 2.45) is 0 Å². The van der Waals surface area contributed by atoms with Crippen molar-refractivity contribution < 1.29 is 9.21 Å². The van der Waals surface area contributed by atoms with Gasteiger partial charge in [0.15, 0.2) is 0 Å². The van der Waals surface area contributed by atoms with Gasteiger partial charge in [-0.15, -0.1) is 0 Å². The van der Waals surface area contributed by atoms with Crippen LogP contribution in [0, 0.1) is 6.92 Å². The number of nitrogens with zero attached hydrogens (tertiary/aromatic N) is 2. The van der Waals surface area contributed by atoms with E-state index in [0.29, 0.717) is 42.0 Å². The third-order valence-corrected chi connectivity index (χ3v) is 5.21. The number of nitrogens with one attached hydrogen (secondary N) is 1. The van der Waals surface area contributed by atoms with Gasteiger partial charge in [0, 0.05) is 18.5 Å². The number of rotatable bonds is 4. The Morgan fingerprint density at radius 2 is 2.00 bits per heavy atom. The maximum Gasteiger partial charge on any atom is 0.349 e. The van der Waals surface area contributed by atoms with E-state index in [-0.39, 0.29) is 17.7 Å². The lowest BCUT2D eigenvalue weighted by Gasteiger charge is -2.27. The molecule has 1 amide bonds. The van der Waals surface area contributed by atoms with E-state index in [4.69, 9.17) is 4.42 Å². The molecule has 7 heteroatoms. The highest BCUT2D eigenvalue weighted by molar-refractivity contribution is 5.95. The average Bonchev–Trinajstić information content (AvgIpc) is 2.72. The van der Waals surface area contributed by atoms with Gasteiger partial charge in [-0.25, -0.2) is 9.78 Å². The van der Waals surface area contributed by atoms with Gasteiger partial charge in [-0.05, 0) is 37.0 Å². The summed E-state index contributed by atoms with van der Waals surface area (Å²) in [6, 6.07) is 11.7. The number of amides is 1. The van der Waals surface area contributed by atoms with Crippen molar-refractivity contribution in [1.29, 1.82) is 0 Å². The van der Waals surface area contributed by atoms with Crippen LogP contribution in [0.5, 0.6) is 0 Å². The highest BCUT2D eigenvalue weighted by atomic mass is 16.4. The first kappa shape index (κ1) is 18.9. The fourth-order valence-electron chi connectivity index (χ4n) is 3.66. The Bertz CT molecular complexity index is 1160. The molecule has 0 bridgehead atoms. The van der Waals surface area contributed by atoms with Gasteiger partial charge in [-0.3, -0.25) is 9.59 Å². The summed E-state index contributed by atoms with van der Waals surface area (Å²) in [4.78, 5) is 45.7. The standard InChI is InChI=1S/C22H21N3O4/c1-14-11-16(8-7-15-5-3-2-4-6-15)29-22(28)19(14)21(27)25-10-9-17-18(12-25)23-13-24-20(17)26/h2-6,11,13H,7-10,12H2,1H3,(H,23,24,26). The van der Waals surface area contributed by atoms with E-state index in [1.807, 2.05) is 30.3 Å². The molecule has 1 aromatic carbocycles. The van der Waals surface area contributed by atoms with Crippen LogP contribution >= 0.6 is 0 Å². The molecule has 0 saturated carbocycles. The molecule has 0 radical (unpaired) electrons. The van der Waals surface area contributed by atoms with E-state index < -0.39 is 11.5 Å². The second kappa shape index (κ2) is 7.87.